The van der Waals surface area contributed by atoms with Gasteiger partial charge in [-0.25, -0.2) is 0 Å². The molecule has 1 atom stereocenters. The molecule has 1 heterocycles. The number of nitrogens with one attached hydrogen (secondary N) is 1. The number of carbonyl (C=O) groups excluding carboxylic acids is 4. The summed E-state index contributed by atoms with van der Waals surface area (Å²) in [6, 6.07) is 17.9. The topological polar surface area (TPSA) is 86.8 Å². The van der Waals surface area contributed by atoms with Crippen LogP contribution in [0.5, 0.6) is 0 Å². The van der Waals surface area contributed by atoms with Gasteiger partial charge in [0.2, 0.25) is 5.91 Å². The van der Waals surface area contributed by atoms with Gasteiger partial charge in [0.05, 0.1) is 11.1 Å². The quantitative estimate of drug-likeness (QED) is 0.470. The first-order valence-corrected chi connectivity index (χ1v) is 12.0. The molecule has 1 unspecified atom stereocenters. The third-order valence-electron chi connectivity index (χ3n) is 6.32. The Kier molecular flexibility index (Phi) is 7.22. The van der Waals surface area contributed by atoms with E-state index in [1.165, 1.54) is 4.90 Å². The van der Waals surface area contributed by atoms with E-state index in [-0.39, 0.29) is 17.7 Å². The van der Waals surface area contributed by atoms with Gasteiger partial charge in [-0.05, 0) is 50.1 Å². The van der Waals surface area contributed by atoms with Crippen LogP contribution in [0.15, 0.2) is 66.7 Å². The van der Waals surface area contributed by atoms with Crippen molar-refractivity contribution in [3.63, 3.8) is 0 Å². The predicted octanol–water partition coefficient (Wildman–Crippen LogP) is 4.78. The van der Waals surface area contributed by atoms with Gasteiger partial charge in [0, 0.05) is 22.8 Å². The van der Waals surface area contributed by atoms with Crippen molar-refractivity contribution in [2.75, 3.05) is 18.4 Å². The van der Waals surface area contributed by atoms with Crippen molar-refractivity contribution in [1.29, 1.82) is 0 Å². The first-order valence-electron chi connectivity index (χ1n) is 11.6. The Labute approximate surface area is 214 Å². The Morgan fingerprint density at radius 2 is 1.44 bits per heavy atom. The summed E-state index contributed by atoms with van der Waals surface area (Å²) in [5.74, 6) is -2.06. The summed E-state index contributed by atoms with van der Waals surface area (Å²) in [7, 11) is 0. The van der Waals surface area contributed by atoms with Gasteiger partial charge in [0.15, 0.2) is 0 Å². The van der Waals surface area contributed by atoms with E-state index in [1.54, 1.807) is 55.5 Å². The Hall–Kier alpha value is -3.97. The molecule has 0 saturated heterocycles. The summed E-state index contributed by atoms with van der Waals surface area (Å²) in [6.07, 6.45) is 0. The molecule has 7 nitrogen and oxygen atoms in total. The number of rotatable bonds is 7. The first kappa shape index (κ1) is 25.1. The molecule has 8 heteroatoms. The molecule has 0 fully saturated rings. The van der Waals surface area contributed by atoms with Gasteiger partial charge in [-0.3, -0.25) is 24.1 Å². The molecule has 3 aromatic carbocycles. The SMILES string of the molecule is CCN(C(=O)CN1C(=O)c2ccccc2C1=O)C(C(=O)Nc1c(C)cccc1C)c1ccccc1Cl. The highest BCUT2D eigenvalue weighted by Gasteiger charge is 2.39. The molecule has 4 amide bonds. The van der Waals surface area contributed by atoms with Crippen LogP contribution in [0.3, 0.4) is 0 Å². The fourth-order valence-electron chi connectivity index (χ4n) is 4.46. The van der Waals surface area contributed by atoms with Gasteiger partial charge in [-0.15, -0.1) is 0 Å². The number of hydrogen-bond acceptors (Lipinski definition) is 4. The van der Waals surface area contributed by atoms with E-state index >= 15 is 0 Å². The summed E-state index contributed by atoms with van der Waals surface area (Å²) >= 11 is 6.48. The van der Waals surface area contributed by atoms with E-state index in [2.05, 4.69) is 5.32 Å². The molecule has 184 valence electrons. The lowest BCUT2D eigenvalue weighted by atomic mass is 10.0. The van der Waals surface area contributed by atoms with Crippen LogP contribution in [-0.4, -0.2) is 46.5 Å². The van der Waals surface area contributed by atoms with Gasteiger partial charge in [0.1, 0.15) is 12.6 Å². The smallest absolute Gasteiger partial charge is 0.262 e. The molecular weight excluding hydrogens is 478 g/mol. The van der Waals surface area contributed by atoms with Crippen molar-refractivity contribution in [3.8, 4) is 0 Å². The Morgan fingerprint density at radius 3 is 2.00 bits per heavy atom. The normalized spacial score (nSPS) is 13.4. The number of halogens is 1. The van der Waals surface area contributed by atoms with Crippen molar-refractivity contribution >= 4 is 40.9 Å². The molecule has 0 bridgehead atoms. The van der Waals surface area contributed by atoms with Crippen LogP contribution in [-0.2, 0) is 9.59 Å². The summed E-state index contributed by atoms with van der Waals surface area (Å²) in [5.41, 5.74) is 3.37. The van der Waals surface area contributed by atoms with E-state index in [0.29, 0.717) is 16.3 Å². The van der Waals surface area contributed by atoms with Crippen LogP contribution < -0.4 is 5.32 Å². The van der Waals surface area contributed by atoms with Crippen molar-refractivity contribution in [3.05, 3.63) is 99.6 Å². The zero-order valence-corrected chi connectivity index (χ0v) is 21.0. The van der Waals surface area contributed by atoms with Crippen LogP contribution in [0.25, 0.3) is 0 Å². The zero-order chi connectivity index (χ0) is 26.0. The fourth-order valence-corrected chi connectivity index (χ4v) is 4.70. The van der Waals surface area contributed by atoms with Crippen LogP contribution in [0.1, 0.15) is 50.4 Å². The number of imide groups is 1. The number of para-hydroxylation sites is 1. The molecule has 1 aliphatic rings. The summed E-state index contributed by atoms with van der Waals surface area (Å²) in [6.45, 7) is 5.17. The first-order chi connectivity index (χ1) is 17.2. The highest BCUT2D eigenvalue weighted by Crippen LogP contribution is 2.31. The summed E-state index contributed by atoms with van der Waals surface area (Å²) in [4.78, 5) is 55.2. The minimum Gasteiger partial charge on any atom is -0.325 e. The van der Waals surface area contributed by atoms with E-state index in [0.717, 1.165) is 16.0 Å². The number of likely N-dealkylation sites (N-methyl/N-ethyl adjacent to an activating group) is 1. The third kappa shape index (κ3) is 4.62. The number of aryl methyl sites for hydroxylation is 2. The number of hydrogen-bond donors (Lipinski definition) is 1. The highest BCUT2D eigenvalue weighted by atomic mass is 35.5. The molecule has 1 aliphatic heterocycles. The van der Waals surface area contributed by atoms with E-state index in [4.69, 9.17) is 11.6 Å². The van der Waals surface area contributed by atoms with Gasteiger partial charge < -0.3 is 10.2 Å². The Bertz CT molecular complexity index is 1320. The minimum atomic E-state index is -1.08. The standard InChI is InChI=1S/C28H26ClN3O4/c1-4-31(23(33)16-32-27(35)19-12-5-6-13-20(19)28(32)36)25(21-14-7-8-15-22(21)29)26(34)30-24-17(2)10-9-11-18(24)3/h5-15,25H,4,16H2,1-3H3,(H,30,34). The zero-order valence-electron chi connectivity index (χ0n) is 20.2. The van der Waals surface area contributed by atoms with Crippen molar-refractivity contribution < 1.29 is 19.2 Å². The van der Waals surface area contributed by atoms with Crippen molar-refractivity contribution in [2.45, 2.75) is 26.8 Å². The van der Waals surface area contributed by atoms with Crippen LogP contribution >= 0.6 is 11.6 Å². The van der Waals surface area contributed by atoms with Crippen molar-refractivity contribution in [1.82, 2.24) is 9.80 Å². The third-order valence-corrected chi connectivity index (χ3v) is 6.67. The van der Waals surface area contributed by atoms with Crippen LogP contribution in [0.4, 0.5) is 5.69 Å². The summed E-state index contributed by atoms with van der Waals surface area (Å²) < 4.78 is 0. The van der Waals surface area contributed by atoms with Gasteiger partial charge in [-0.1, -0.05) is 60.1 Å². The number of carbonyl (C=O) groups is 4. The lowest BCUT2D eigenvalue weighted by Crippen LogP contribution is -2.47. The maximum absolute atomic E-state index is 13.7. The molecule has 3 aromatic rings. The molecule has 36 heavy (non-hydrogen) atoms. The fraction of sp³-hybridized carbons (Fsp3) is 0.214. The molecule has 0 aromatic heterocycles. The van der Waals surface area contributed by atoms with Crippen LogP contribution in [0.2, 0.25) is 5.02 Å². The molecule has 0 aliphatic carbocycles. The van der Waals surface area contributed by atoms with E-state index in [9.17, 15) is 19.2 Å². The lowest BCUT2D eigenvalue weighted by Gasteiger charge is -2.32. The average Bonchev–Trinajstić information content (AvgIpc) is 3.10. The number of anilines is 1. The highest BCUT2D eigenvalue weighted by molar-refractivity contribution is 6.31. The second-order valence-corrected chi connectivity index (χ2v) is 9.01. The number of amides is 4. The maximum atomic E-state index is 13.7. The molecule has 4 rings (SSSR count). The van der Waals surface area contributed by atoms with Gasteiger partial charge >= 0.3 is 0 Å². The maximum Gasteiger partial charge on any atom is 0.262 e. The number of nitrogens with zero attached hydrogens (tertiary/aromatic N) is 2. The number of fused-ring (bicyclic) bond motifs is 1. The average molecular weight is 504 g/mol. The predicted molar refractivity (Wildman–Crippen MR) is 138 cm³/mol. The summed E-state index contributed by atoms with van der Waals surface area (Å²) in [5, 5.41) is 3.29. The lowest BCUT2D eigenvalue weighted by molar-refractivity contribution is -0.138. The molecule has 1 N–H and O–H groups in total. The largest absolute Gasteiger partial charge is 0.325 e. The Balaban J connectivity index is 1.67. The minimum absolute atomic E-state index is 0.151. The molecule has 0 radical (unpaired) electrons. The van der Waals surface area contributed by atoms with E-state index in [1.807, 2.05) is 32.0 Å². The van der Waals surface area contributed by atoms with Crippen LogP contribution in [0, 0.1) is 13.8 Å². The second-order valence-electron chi connectivity index (χ2n) is 8.60. The Morgan fingerprint density at radius 1 is 0.889 bits per heavy atom. The van der Waals surface area contributed by atoms with Gasteiger partial charge in [0.25, 0.3) is 17.7 Å². The monoisotopic (exact) mass is 503 g/mol. The molecule has 0 spiro atoms. The molecular formula is C28H26ClN3O4. The van der Waals surface area contributed by atoms with E-state index < -0.39 is 36.2 Å². The van der Waals surface area contributed by atoms with Crippen molar-refractivity contribution in [2.24, 2.45) is 0 Å². The molecule has 0 saturated carbocycles. The second kappa shape index (κ2) is 10.3. The number of benzene rings is 3. The van der Waals surface area contributed by atoms with Gasteiger partial charge in [-0.2, -0.15) is 0 Å².